The van der Waals surface area contributed by atoms with Crippen molar-refractivity contribution in [2.45, 2.75) is 13.0 Å². The number of amides is 2. The molecule has 0 heterocycles. The molecule has 0 fully saturated rings. The molecule has 1 aromatic carbocycles. The maximum absolute atomic E-state index is 11.7. The second-order valence-electron chi connectivity index (χ2n) is 4.63. The third-order valence-electron chi connectivity index (χ3n) is 3.16. The minimum absolute atomic E-state index is 0.0244. The molecule has 0 aromatic heterocycles. The Morgan fingerprint density at radius 3 is 2.53 bits per heavy atom. The number of likely N-dealkylation sites (N-methyl/N-ethyl adjacent to an activating group) is 2. The molecule has 0 saturated heterocycles. The summed E-state index contributed by atoms with van der Waals surface area (Å²) in [6.45, 7) is 2.93. The fraction of sp³-hybridized carbons (Fsp3) is 0.500. The summed E-state index contributed by atoms with van der Waals surface area (Å²) in [5, 5.41) is 11.6. The lowest BCUT2D eigenvalue weighted by Gasteiger charge is -2.28. The van der Waals surface area contributed by atoms with E-state index in [9.17, 15) is 4.79 Å². The van der Waals surface area contributed by atoms with Crippen molar-refractivity contribution in [1.82, 2.24) is 10.2 Å². The van der Waals surface area contributed by atoms with Gasteiger partial charge in [0, 0.05) is 38.9 Å². The predicted octanol–water partition coefficient (Wildman–Crippen LogP) is 1.14. The zero-order chi connectivity index (χ0) is 14.3. The van der Waals surface area contributed by atoms with Gasteiger partial charge in [-0.3, -0.25) is 0 Å². The number of hydrogen-bond donors (Lipinski definition) is 2. The molecule has 0 radical (unpaired) electrons. The molecule has 2 amide bonds. The first kappa shape index (κ1) is 15.3. The second-order valence-corrected chi connectivity index (χ2v) is 4.63. The van der Waals surface area contributed by atoms with Gasteiger partial charge in [-0.25, -0.2) is 4.79 Å². The summed E-state index contributed by atoms with van der Waals surface area (Å²) >= 11 is 0. The summed E-state index contributed by atoms with van der Waals surface area (Å²) in [5.74, 6) is 0. The minimum atomic E-state index is -0.164. The lowest BCUT2D eigenvalue weighted by atomic mass is 10.2. The van der Waals surface area contributed by atoms with Crippen LogP contribution in [0.15, 0.2) is 30.3 Å². The van der Waals surface area contributed by atoms with Crippen molar-refractivity contribution in [2.75, 3.05) is 38.7 Å². The number of hydrogen-bond acceptors (Lipinski definition) is 3. The van der Waals surface area contributed by atoms with Crippen LogP contribution in [0.3, 0.4) is 0 Å². The van der Waals surface area contributed by atoms with E-state index in [0.717, 1.165) is 5.69 Å². The largest absolute Gasteiger partial charge is 0.395 e. The number of para-hydroxylation sites is 1. The van der Waals surface area contributed by atoms with E-state index in [0.29, 0.717) is 13.1 Å². The Labute approximate surface area is 114 Å². The van der Waals surface area contributed by atoms with Crippen LogP contribution in [0.25, 0.3) is 0 Å². The minimum Gasteiger partial charge on any atom is -0.395 e. The standard InChI is InChI=1S/C14H23N3O2/c1-12(11-15-14(19)16(2)9-10-18)17(3)13-7-5-4-6-8-13/h4-8,12,18H,9-11H2,1-3H3,(H,15,19). The molecule has 1 atom stereocenters. The number of rotatable bonds is 6. The Morgan fingerprint density at radius 2 is 1.95 bits per heavy atom. The van der Waals surface area contributed by atoms with Gasteiger partial charge in [-0.15, -0.1) is 0 Å². The summed E-state index contributed by atoms with van der Waals surface area (Å²) in [6, 6.07) is 10.1. The van der Waals surface area contributed by atoms with Crippen LogP contribution in [-0.4, -0.2) is 55.9 Å². The number of carbonyl (C=O) groups is 1. The van der Waals surface area contributed by atoms with E-state index in [4.69, 9.17) is 5.11 Å². The van der Waals surface area contributed by atoms with E-state index in [1.54, 1.807) is 7.05 Å². The van der Waals surface area contributed by atoms with E-state index < -0.39 is 0 Å². The van der Waals surface area contributed by atoms with E-state index in [2.05, 4.69) is 17.1 Å². The van der Waals surface area contributed by atoms with E-state index >= 15 is 0 Å². The summed E-state index contributed by atoms with van der Waals surface area (Å²) in [4.78, 5) is 15.3. The van der Waals surface area contributed by atoms with Crippen molar-refractivity contribution in [3.8, 4) is 0 Å². The highest BCUT2D eigenvalue weighted by molar-refractivity contribution is 5.73. The van der Waals surface area contributed by atoms with E-state index in [1.165, 1.54) is 4.90 Å². The molecule has 1 aromatic rings. The SMILES string of the molecule is CC(CNC(=O)N(C)CCO)N(C)c1ccccc1. The maximum atomic E-state index is 11.7. The topological polar surface area (TPSA) is 55.8 Å². The summed E-state index contributed by atoms with van der Waals surface area (Å²) < 4.78 is 0. The highest BCUT2D eigenvalue weighted by Crippen LogP contribution is 2.13. The van der Waals surface area contributed by atoms with Crippen LogP contribution in [0.2, 0.25) is 0 Å². The zero-order valence-electron chi connectivity index (χ0n) is 11.8. The summed E-state index contributed by atoms with van der Waals surface area (Å²) in [5.41, 5.74) is 1.12. The van der Waals surface area contributed by atoms with Gasteiger partial charge in [0.25, 0.3) is 0 Å². The van der Waals surface area contributed by atoms with Crippen LogP contribution in [0.1, 0.15) is 6.92 Å². The van der Waals surface area contributed by atoms with Crippen molar-refractivity contribution >= 4 is 11.7 Å². The lowest BCUT2D eigenvalue weighted by Crippen LogP contribution is -2.45. The molecule has 106 valence electrons. The average Bonchev–Trinajstić information content (AvgIpc) is 2.44. The molecular formula is C14H23N3O2. The van der Waals surface area contributed by atoms with Gasteiger partial charge < -0.3 is 20.2 Å². The van der Waals surface area contributed by atoms with Gasteiger partial charge in [-0.05, 0) is 19.1 Å². The van der Waals surface area contributed by atoms with Gasteiger partial charge in [0.05, 0.1) is 6.61 Å². The first-order chi connectivity index (χ1) is 9.06. The Morgan fingerprint density at radius 1 is 1.32 bits per heavy atom. The third kappa shape index (κ3) is 4.79. The summed E-state index contributed by atoms with van der Waals surface area (Å²) in [6.07, 6.45) is 0. The molecule has 0 spiro atoms. The second kappa shape index (κ2) is 7.63. The summed E-state index contributed by atoms with van der Waals surface area (Å²) in [7, 11) is 3.67. The molecule has 5 nitrogen and oxygen atoms in total. The molecule has 1 unspecified atom stereocenters. The van der Waals surface area contributed by atoms with Crippen LogP contribution in [0.4, 0.5) is 10.5 Å². The molecule has 0 bridgehead atoms. The highest BCUT2D eigenvalue weighted by Gasteiger charge is 2.12. The molecule has 0 saturated carbocycles. The van der Waals surface area contributed by atoms with Crippen LogP contribution in [-0.2, 0) is 0 Å². The van der Waals surface area contributed by atoms with Crippen molar-refractivity contribution in [3.63, 3.8) is 0 Å². The van der Waals surface area contributed by atoms with Gasteiger partial charge in [0.1, 0.15) is 0 Å². The number of urea groups is 1. The molecule has 1 rings (SSSR count). The molecular weight excluding hydrogens is 242 g/mol. The molecule has 2 N–H and O–H groups in total. The molecule has 0 aliphatic carbocycles. The van der Waals surface area contributed by atoms with Crippen LogP contribution in [0, 0.1) is 0 Å². The van der Waals surface area contributed by atoms with Gasteiger partial charge >= 0.3 is 6.03 Å². The van der Waals surface area contributed by atoms with Gasteiger partial charge in [-0.2, -0.15) is 0 Å². The Hall–Kier alpha value is -1.75. The molecule has 5 heteroatoms. The number of aliphatic hydroxyl groups excluding tert-OH is 1. The normalized spacial score (nSPS) is 11.8. The number of aliphatic hydroxyl groups is 1. The number of carbonyl (C=O) groups excluding carboxylic acids is 1. The first-order valence-corrected chi connectivity index (χ1v) is 6.44. The van der Waals surface area contributed by atoms with Gasteiger partial charge in [0.2, 0.25) is 0 Å². The zero-order valence-corrected chi connectivity index (χ0v) is 11.8. The molecule has 0 aliphatic rings. The monoisotopic (exact) mass is 265 g/mol. The Balaban J connectivity index is 2.43. The number of benzene rings is 1. The van der Waals surface area contributed by atoms with Crippen LogP contribution >= 0.6 is 0 Å². The molecule has 0 aliphatic heterocycles. The first-order valence-electron chi connectivity index (χ1n) is 6.44. The van der Waals surface area contributed by atoms with E-state index in [1.807, 2.05) is 37.4 Å². The Bertz CT molecular complexity index is 384. The maximum Gasteiger partial charge on any atom is 0.317 e. The predicted molar refractivity (Wildman–Crippen MR) is 77.4 cm³/mol. The van der Waals surface area contributed by atoms with E-state index in [-0.39, 0.29) is 18.7 Å². The number of nitrogens with one attached hydrogen (secondary N) is 1. The smallest absolute Gasteiger partial charge is 0.317 e. The quantitative estimate of drug-likeness (QED) is 0.811. The fourth-order valence-corrected chi connectivity index (χ4v) is 1.68. The van der Waals surface area contributed by atoms with Gasteiger partial charge in [-0.1, -0.05) is 18.2 Å². The van der Waals surface area contributed by atoms with Crippen molar-refractivity contribution in [2.24, 2.45) is 0 Å². The Kier molecular flexibility index (Phi) is 6.15. The third-order valence-corrected chi connectivity index (χ3v) is 3.16. The van der Waals surface area contributed by atoms with Crippen molar-refractivity contribution in [1.29, 1.82) is 0 Å². The number of anilines is 1. The van der Waals surface area contributed by atoms with Crippen LogP contribution in [0.5, 0.6) is 0 Å². The van der Waals surface area contributed by atoms with Crippen LogP contribution < -0.4 is 10.2 Å². The fourth-order valence-electron chi connectivity index (χ4n) is 1.68. The van der Waals surface area contributed by atoms with Crippen molar-refractivity contribution < 1.29 is 9.90 Å². The number of nitrogens with zero attached hydrogens (tertiary/aromatic N) is 2. The van der Waals surface area contributed by atoms with Gasteiger partial charge in [0.15, 0.2) is 0 Å². The van der Waals surface area contributed by atoms with Crippen molar-refractivity contribution in [3.05, 3.63) is 30.3 Å². The highest BCUT2D eigenvalue weighted by atomic mass is 16.3. The lowest BCUT2D eigenvalue weighted by molar-refractivity contribution is 0.190. The molecule has 19 heavy (non-hydrogen) atoms. The average molecular weight is 265 g/mol.